The van der Waals surface area contributed by atoms with Crippen LogP contribution >= 0.6 is 0 Å². The first kappa shape index (κ1) is 9.90. The summed E-state index contributed by atoms with van der Waals surface area (Å²) in [6.45, 7) is 2.64. The van der Waals surface area contributed by atoms with Crippen LogP contribution in [0.5, 0.6) is 0 Å². The van der Waals surface area contributed by atoms with Crippen molar-refractivity contribution in [2.24, 2.45) is 5.73 Å². The number of rotatable bonds is 3. The summed E-state index contributed by atoms with van der Waals surface area (Å²) >= 11 is 0. The van der Waals surface area contributed by atoms with Gasteiger partial charge in [-0.3, -0.25) is 10.7 Å². The monoisotopic (exact) mass is 158 g/mol. The molecule has 0 bridgehead atoms. The predicted octanol–water partition coefficient (Wildman–Crippen LogP) is -0.368. The molecule has 0 aromatic carbocycles. The van der Waals surface area contributed by atoms with Crippen molar-refractivity contribution in [3.05, 3.63) is 0 Å². The van der Waals surface area contributed by atoms with Crippen LogP contribution in [0.15, 0.2) is 0 Å². The Hall–Kier alpha value is -1.10. The van der Waals surface area contributed by atoms with Gasteiger partial charge in [-0.15, -0.1) is 0 Å². The fourth-order valence-corrected chi connectivity index (χ4v) is 0.455. The number of hydrogen-bond donors (Lipinski definition) is 4. The van der Waals surface area contributed by atoms with E-state index in [9.17, 15) is 4.79 Å². The standard InChI is InChI=1S/C6H14N4O/c1-2-5(8)10-6(11)9-4-3-7/h2-4,7H2,1H3,(H3,8,9,10,11). The van der Waals surface area contributed by atoms with Crippen molar-refractivity contribution in [3.63, 3.8) is 0 Å². The highest BCUT2D eigenvalue weighted by Crippen LogP contribution is 1.74. The Kier molecular flexibility index (Phi) is 5.10. The van der Waals surface area contributed by atoms with Crippen molar-refractivity contribution < 1.29 is 4.79 Å². The molecule has 0 aliphatic rings. The van der Waals surface area contributed by atoms with Crippen LogP contribution in [0.2, 0.25) is 0 Å². The summed E-state index contributed by atoms with van der Waals surface area (Å²) in [6.07, 6.45) is 0.524. The molecule has 0 fully saturated rings. The van der Waals surface area contributed by atoms with Gasteiger partial charge in [0.2, 0.25) is 0 Å². The Morgan fingerprint density at radius 3 is 2.73 bits per heavy atom. The molecule has 0 radical (unpaired) electrons. The first-order valence-corrected chi connectivity index (χ1v) is 3.53. The van der Waals surface area contributed by atoms with Gasteiger partial charge < -0.3 is 11.1 Å². The first-order chi connectivity index (χ1) is 5.20. The summed E-state index contributed by atoms with van der Waals surface area (Å²) in [4.78, 5) is 10.8. The SMILES string of the molecule is CCC(=N)NC(=O)NCCN. The first-order valence-electron chi connectivity index (χ1n) is 3.53. The third kappa shape index (κ3) is 5.35. The molecule has 0 rings (SSSR count). The minimum absolute atomic E-state index is 0.208. The van der Waals surface area contributed by atoms with E-state index >= 15 is 0 Å². The molecule has 0 unspecified atom stereocenters. The minimum Gasteiger partial charge on any atom is -0.337 e. The molecule has 0 spiro atoms. The Balaban J connectivity index is 3.44. The average molecular weight is 158 g/mol. The predicted molar refractivity (Wildman–Crippen MR) is 43.6 cm³/mol. The van der Waals surface area contributed by atoms with Crippen molar-refractivity contribution in [1.82, 2.24) is 10.6 Å². The van der Waals surface area contributed by atoms with Crippen LogP contribution in [-0.2, 0) is 0 Å². The molecule has 0 heterocycles. The third-order valence-electron chi connectivity index (χ3n) is 1.05. The highest BCUT2D eigenvalue weighted by molar-refractivity contribution is 5.95. The second kappa shape index (κ2) is 5.67. The zero-order valence-corrected chi connectivity index (χ0v) is 6.61. The number of nitrogens with two attached hydrogens (primary N) is 1. The molecule has 0 atom stereocenters. The quantitative estimate of drug-likeness (QED) is 0.333. The van der Waals surface area contributed by atoms with Crippen LogP contribution < -0.4 is 16.4 Å². The molecule has 64 valence electrons. The Labute approximate surface area is 65.9 Å². The van der Waals surface area contributed by atoms with Crippen LogP contribution in [-0.4, -0.2) is 25.0 Å². The van der Waals surface area contributed by atoms with Gasteiger partial charge in [-0.2, -0.15) is 0 Å². The van der Waals surface area contributed by atoms with Gasteiger partial charge in [-0.25, -0.2) is 4.79 Å². The van der Waals surface area contributed by atoms with Gasteiger partial charge in [0.25, 0.3) is 0 Å². The lowest BCUT2D eigenvalue weighted by Gasteiger charge is -2.04. The van der Waals surface area contributed by atoms with Crippen molar-refractivity contribution in [2.45, 2.75) is 13.3 Å². The molecule has 0 aromatic rings. The van der Waals surface area contributed by atoms with Gasteiger partial charge >= 0.3 is 6.03 Å². The molecule has 11 heavy (non-hydrogen) atoms. The molecule has 5 N–H and O–H groups in total. The summed E-state index contributed by atoms with van der Waals surface area (Å²) in [7, 11) is 0. The number of amidine groups is 1. The number of amides is 2. The van der Waals surface area contributed by atoms with E-state index in [0.717, 1.165) is 0 Å². The molecule has 0 saturated heterocycles. The molecule has 0 aliphatic heterocycles. The third-order valence-corrected chi connectivity index (χ3v) is 1.05. The van der Waals surface area contributed by atoms with Gasteiger partial charge in [-0.05, 0) is 0 Å². The van der Waals surface area contributed by atoms with Gasteiger partial charge in [-0.1, -0.05) is 6.92 Å². The minimum atomic E-state index is -0.359. The zero-order valence-electron chi connectivity index (χ0n) is 6.61. The molecule has 0 aromatic heterocycles. The number of carbonyl (C=O) groups excluding carboxylic acids is 1. The summed E-state index contributed by atoms with van der Waals surface area (Å²) in [5.41, 5.74) is 5.14. The molecule has 5 heteroatoms. The van der Waals surface area contributed by atoms with Crippen molar-refractivity contribution in [3.8, 4) is 0 Å². The van der Waals surface area contributed by atoms with Crippen LogP contribution in [0.4, 0.5) is 4.79 Å². The van der Waals surface area contributed by atoms with E-state index in [1.807, 2.05) is 0 Å². The van der Waals surface area contributed by atoms with Crippen molar-refractivity contribution >= 4 is 11.9 Å². The van der Waals surface area contributed by atoms with Crippen LogP contribution in [0, 0.1) is 5.41 Å². The Morgan fingerprint density at radius 1 is 1.64 bits per heavy atom. The second-order valence-corrected chi connectivity index (χ2v) is 2.00. The maximum Gasteiger partial charge on any atom is 0.320 e. The van der Waals surface area contributed by atoms with Crippen LogP contribution in [0.1, 0.15) is 13.3 Å². The molecular weight excluding hydrogens is 144 g/mol. The molecule has 2 amide bonds. The zero-order chi connectivity index (χ0) is 8.69. The van der Waals surface area contributed by atoms with E-state index in [4.69, 9.17) is 11.1 Å². The summed E-state index contributed by atoms with van der Waals surface area (Å²) in [5, 5.41) is 11.9. The van der Waals surface area contributed by atoms with Gasteiger partial charge in [0, 0.05) is 19.5 Å². The lowest BCUT2D eigenvalue weighted by molar-refractivity contribution is 0.245. The topological polar surface area (TPSA) is 91.0 Å². The fourth-order valence-electron chi connectivity index (χ4n) is 0.455. The molecule has 0 aliphatic carbocycles. The van der Waals surface area contributed by atoms with Crippen LogP contribution in [0.25, 0.3) is 0 Å². The lowest BCUT2D eigenvalue weighted by atomic mass is 10.4. The maximum absolute atomic E-state index is 10.8. The van der Waals surface area contributed by atoms with Gasteiger partial charge in [0.15, 0.2) is 0 Å². The highest BCUT2D eigenvalue weighted by Gasteiger charge is 1.99. The molecule has 5 nitrogen and oxygen atoms in total. The normalized spacial score (nSPS) is 8.91. The largest absolute Gasteiger partial charge is 0.337 e. The van der Waals surface area contributed by atoms with Gasteiger partial charge in [0.05, 0.1) is 0 Å². The molecule has 0 saturated carbocycles. The van der Waals surface area contributed by atoms with E-state index < -0.39 is 0 Å². The molecular formula is C6H14N4O. The second-order valence-electron chi connectivity index (χ2n) is 2.00. The highest BCUT2D eigenvalue weighted by atomic mass is 16.2. The number of urea groups is 1. The van der Waals surface area contributed by atoms with E-state index in [-0.39, 0.29) is 11.9 Å². The maximum atomic E-state index is 10.8. The lowest BCUT2D eigenvalue weighted by Crippen LogP contribution is -2.40. The fraction of sp³-hybridized carbons (Fsp3) is 0.667. The number of carbonyl (C=O) groups is 1. The van der Waals surface area contributed by atoms with E-state index in [1.54, 1.807) is 6.92 Å². The van der Waals surface area contributed by atoms with Crippen molar-refractivity contribution in [2.75, 3.05) is 13.1 Å². The Bertz CT molecular complexity index is 146. The van der Waals surface area contributed by atoms with Crippen LogP contribution in [0.3, 0.4) is 0 Å². The van der Waals surface area contributed by atoms with Gasteiger partial charge in [0.1, 0.15) is 5.84 Å². The van der Waals surface area contributed by atoms with E-state index in [0.29, 0.717) is 19.5 Å². The van der Waals surface area contributed by atoms with Crippen molar-refractivity contribution in [1.29, 1.82) is 5.41 Å². The summed E-state index contributed by atoms with van der Waals surface area (Å²) in [5.74, 6) is 0.208. The number of hydrogen-bond acceptors (Lipinski definition) is 3. The smallest absolute Gasteiger partial charge is 0.320 e. The average Bonchev–Trinajstić information content (AvgIpc) is 2.00. The van der Waals surface area contributed by atoms with E-state index in [2.05, 4.69) is 10.6 Å². The Morgan fingerprint density at radius 2 is 2.27 bits per heavy atom. The van der Waals surface area contributed by atoms with E-state index in [1.165, 1.54) is 0 Å². The summed E-state index contributed by atoms with van der Waals surface area (Å²) < 4.78 is 0. The number of nitrogens with one attached hydrogen (secondary N) is 3. The summed E-state index contributed by atoms with van der Waals surface area (Å²) in [6, 6.07) is -0.359.